The first-order chi connectivity index (χ1) is 10.8. The standard InChI is InChI=1S/C16H14N6/c17-9-13-1-3-15(19-11-13)21-5-7-22(8-6-21)16-4-2-14(10-18)12-20-16/h1-4,11-12H,5-8H2. The second-order valence-electron chi connectivity index (χ2n) is 5.01. The van der Waals surface area contributed by atoms with Gasteiger partial charge in [0.1, 0.15) is 23.8 Å². The van der Waals surface area contributed by atoms with Crippen molar-refractivity contribution in [2.24, 2.45) is 0 Å². The lowest BCUT2D eigenvalue weighted by Gasteiger charge is -2.36. The summed E-state index contributed by atoms with van der Waals surface area (Å²) in [6.45, 7) is 3.39. The van der Waals surface area contributed by atoms with Gasteiger partial charge in [0.25, 0.3) is 0 Å². The van der Waals surface area contributed by atoms with E-state index in [4.69, 9.17) is 10.5 Å². The molecule has 0 saturated carbocycles. The number of nitriles is 2. The van der Waals surface area contributed by atoms with Crippen molar-refractivity contribution in [3.8, 4) is 12.1 Å². The molecule has 1 aliphatic heterocycles. The second kappa shape index (κ2) is 6.11. The molecular formula is C16H14N6. The molecule has 22 heavy (non-hydrogen) atoms. The molecule has 1 saturated heterocycles. The number of aromatic nitrogens is 2. The summed E-state index contributed by atoms with van der Waals surface area (Å²) >= 11 is 0. The van der Waals surface area contributed by atoms with Crippen LogP contribution in [0.3, 0.4) is 0 Å². The highest BCUT2D eigenvalue weighted by atomic mass is 15.3. The first-order valence-corrected chi connectivity index (χ1v) is 7.02. The van der Waals surface area contributed by atoms with Crippen molar-refractivity contribution in [2.75, 3.05) is 36.0 Å². The van der Waals surface area contributed by atoms with E-state index in [1.807, 2.05) is 12.1 Å². The van der Waals surface area contributed by atoms with Crippen LogP contribution in [-0.4, -0.2) is 36.1 Å². The van der Waals surface area contributed by atoms with Gasteiger partial charge in [0.15, 0.2) is 0 Å². The Bertz CT molecular complexity index is 650. The lowest BCUT2D eigenvalue weighted by molar-refractivity contribution is 0.641. The van der Waals surface area contributed by atoms with Gasteiger partial charge < -0.3 is 9.80 Å². The normalized spacial score (nSPS) is 14.3. The molecule has 6 nitrogen and oxygen atoms in total. The summed E-state index contributed by atoms with van der Waals surface area (Å²) in [7, 11) is 0. The molecule has 0 atom stereocenters. The molecule has 0 unspecified atom stereocenters. The van der Waals surface area contributed by atoms with Gasteiger partial charge in [0, 0.05) is 38.6 Å². The Morgan fingerprint density at radius 1 is 0.727 bits per heavy atom. The van der Waals surface area contributed by atoms with Crippen LogP contribution in [0.25, 0.3) is 0 Å². The average molecular weight is 290 g/mol. The summed E-state index contributed by atoms with van der Waals surface area (Å²) in [4.78, 5) is 13.0. The average Bonchev–Trinajstić information content (AvgIpc) is 2.62. The van der Waals surface area contributed by atoms with Gasteiger partial charge in [0.2, 0.25) is 0 Å². The SMILES string of the molecule is N#Cc1ccc(N2CCN(c3ccc(C#N)cn3)CC2)nc1. The van der Waals surface area contributed by atoms with E-state index in [0.717, 1.165) is 37.8 Å². The first-order valence-electron chi connectivity index (χ1n) is 7.02. The highest BCUT2D eigenvalue weighted by molar-refractivity contribution is 5.47. The third-order valence-electron chi connectivity index (χ3n) is 3.68. The van der Waals surface area contributed by atoms with Crippen LogP contribution in [0.4, 0.5) is 11.6 Å². The third-order valence-corrected chi connectivity index (χ3v) is 3.68. The molecule has 3 heterocycles. The number of rotatable bonds is 2. The van der Waals surface area contributed by atoms with Crippen molar-refractivity contribution in [1.82, 2.24) is 9.97 Å². The molecule has 0 aromatic carbocycles. The van der Waals surface area contributed by atoms with Gasteiger partial charge in [-0.3, -0.25) is 0 Å². The van der Waals surface area contributed by atoms with Gasteiger partial charge in [-0.15, -0.1) is 0 Å². The predicted octanol–water partition coefficient (Wildman–Crippen LogP) is 1.55. The highest BCUT2D eigenvalue weighted by Gasteiger charge is 2.18. The summed E-state index contributed by atoms with van der Waals surface area (Å²) in [5.41, 5.74) is 1.15. The Morgan fingerprint density at radius 2 is 1.14 bits per heavy atom. The molecule has 0 aliphatic carbocycles. The van der Waals surface area contributed by atoms with E-state index in [0.29, 0.717) is 11.1 Å². The van der Waals surface area contributed by atoms with Gasteiger partial charge in [-0.1, -0.05) is 0 Å². The molecular weight excluding hydrogens is 276 g/mol. The Balaban J connectivity index is 1.64. The minimum Gasteiger partial charge on any atom is -0.353 e. The maximum absolute atomic E-state index is 8.80. The van der Waals surface area contributed by atoms with Crippen molar-refractivity contribution < 1.29 is 0 Å². The third kappa shape index (κ3) is 2.82. The zero-order valence-corrected chi connectivity index (χ0v) is 12.0. The monoisotopic (exact) mass is 290 g/mol. The van der Waals surface area contributed by atoms with Crippen molar-refractivity contribution in [2.45, 2.75) is 0 Å². The lowest BCUT2D eigenvalue weighted by Crippen LogP contribution is -2.47. The van der Waals surface area contributed by atoms with Gasteiger partial charge in [-0.25, -0.2) is 9.97 Å². The van der Waals surface area contributed by atoms with Crippen molar-refractivity contribution in [3.05, 3.63) is 47.8 Å². The Morgan fingerprint density at radius 3 is 1.41 bits per heavy atom. The molecule has 1 aliphatic rings. The van der Waals surface area contributed by atoms with E-state index in [9.17, 15) is 0 Å². The van der Waals surface area contributed by atoms with Crippen LogP contribution in [0, 0.1) is 22.7 Å². The Kier molecular flexibility index (Phi) is 3.84. The number of pyridine rings is 2. The summed E-state index contributed by atoms with van der Waals surface area (Å²) in [6, 6.07) is 11.5. The quantitative estimate of drug-likeness (QED) is 0.834. The number of piperazine rings is 1. The van der Waals surface area contributed by atoms with E-state index < -0.39 is 0 Å². The van der Waals surface area contributed by atoms with E-state index in [1.165, 1.54) is 0 Å². The van der Waals surface area contributed by atoms with Crippen LogP contribution in [0.5, 0.6) is 0 Å². The predicted molar refractivity (Wildman–Crippen MR) is 82.3 cm³/mol. The number of nitrogens with zero attached hydrogens (tertiary/aromatic N) is 6. The maximum atomic E-state index is 8.80. The van der Waals surface area contributed by atoms with Gasteiger partial charge in [-0.05, 0) is 24.3 Å². The summed E-state index contributed by atoms with van der Waals surface area (Å²) in [5, 5.41) is 17.6. The summed E-state index contributed by atoms with van der Waals surface area (Å²) in [6.07, 6.45) is 3.20. The van der Waals surface area contributed by atoms with Gasteiger partial charge >= 0.3 is 0 Å². The van der Waals surface area contributed by atoms with Crippen LogP contribution >= 0.6 is 0 Å². The number of hydrogen-bond acceptors (Lipinski definition) is 6. The topological polar surface area (TPSA) is 79.8 Å². The van der Waals surface area contributed by atoms with Gasteiger partial charge in [0.05, 0.1) is 11.1 Å². The van der Waals surface area contributed by atoms with Crippen LogP contribution < -0.4 is 9.80 Å². The van der Waals surface area contributed by atoms with Crippen LogP contribution in [0.2, 0.25) is 0 Å². The number of hydrogen-bond donors (Lipinski definition) is 0. The van der Waals surface area contributed by atoms with E-state index in [2.05, 4.69) is 31.9 Å². The molecule has 0 N–H and O–H groups in total. The maximum Gasteiger partial charge on any atom is 0.128 e. The smallest absolute Gasteiger partial charge is 0.128 e. The van der Waals surface area contributed by atoms with Crippen molar-refractivity contribution in [1.29, 1.82) is 10.5 Å². The van der Waals surface area contributed by atoms with E-state index in [1.54, 1.807) is 24.5 Å². The minimum atomic E-state index is 0.573. The zero-order valence-electron chi connectivity index (χ0n) is 12.0. The largest absolute Gasteiger partial charge is 0.353 e. The molecule has 1 fully saturated rings. The molecule has 0 amide bonds. The molecule has 2 aromatic rings. The van der Waals surface area contributed by atoms with Crippen molar-refractivity contribution in [3.63, 3.8) is 0 Å². The highest BCUT2D eigenvalue weighted by Crippen LogP contribution is 2.17. The number of anilines is 2. The summed E-state index contributed by atoms with van der Waals surface area (Å²) in [5.74, 6) is 1.79. The van der Waals surface area contributed by atoms with Crippen LogP contribution in [0.15, 0.2) is 36.7 Å². The minimum absolute atomic E-state index is 0.573. The Hall–Kier alpha value is -3.12. The Labute approximate surface area is 128 Å². The first kappa shape index (κ1) is 13.8. The van der Waals surface area contributed by atoms with Gasteiger partial charge in [-0.2, -0.15) is 10.5 Å². The molecule has 3 rings (SSSR count). The fourth-order valence-electron chi connectivity index (χ4n) is 2.44. The van der Waals surface area contributed by atoms with Crippen LogP contribution in [0.1, 0.15) is 11.1 Å². The van der Waals surface area contributed by atoms with E-state index in [-0.39, 0.29) is 0 Å². The fraction of sp³-hybridized carbons (Fsp3) is 0.250. The molecule has 6 heteroatoms. The fourth-order valence-corrected chi connectivity index (χ4v) is 2.44. The molecule has 0 spiro atoms. The van der Waals surface area contributed by atoms with Crippen molar-refractivity contribution >= 4 is 11.6 Å². The van der Waals surface area contributed by atoms with Crippen LogP contribution in [-0.2, 0) is 0 Å². The summed E-state index contributed by atoms with van der Waals surface area (Å²) < 4.78 is 0. The van der Waals surface area contributed by atoms with E-state index >= 15 is 0 Å². The second-order valence-corrected chi connectivity index (χ2v) is 5.01. The zero-order chi connectivity index (χ0) is 15.4. The molecule has 2 aromatic heterocycles. The molecule has 0 bridgehead atoms. The molecule has 108 valence electrons. The molecule has 0 radical (unpaired) electrons. The lowest BCUT2D eigenvalue weighted by atomic mass is 10.2.